The van der Waals surface area contributed by atoms with Crippen molar-refractivity contribution in [1.82, 2.24) is 34.1 Å². The van der Waals surface area contributed by atoms with Gasteiger partial charge in [0.1, 0.15) is 17.5 Å². The SMILES string of the molecule is CNc1cc(=O)n(-c2ccnc3c2cc([C@H](C)N2CC=C(c4c(C)cc(C(=O)N5CCC(CN6CCN(c7ccc8c(c7)C7(CC7)C(=O)N8C7CCC(=O)NC7=O)C[C@@H]6C)CC5)cc4F)CC2)n3C)cc1F. The molecule has 1 saturated carbocycles. The van der Waals surface area contributed by atoms with Crippen molar-refractivity contribution in [2.24, 2.45) is 13.0 Å². The van der Waals surface area contributed by atoms with Crippen LogP contribution in [0.4, 0.5) is 25.8 Å². The third-order valence-corrected chi connectivity index (χ3v) is 16.7. The van der Waals surface area contributed by atoms with Crippen molar-refractivity contribution in [3.8, 4) is 5.69 Å². The standard InChI is InChI=1S/C55H62F2N10O5/c1-32-24-37(25-41(56)50(32)36-13-20-62(21-14-36)34(3)47-27-39-44(10-17-59-51(39)61(47)5)66-31-42(57)43(58-4)28-49(66)69)53(71)63-18-11-35(12-19-63)30-64-22-23-65(29-33(64)2)38-6-7-45-40(26-38)55(15-16-55)54(72)67(45)46-8-9-48(68)60-52(46)70/h6-7,10,13,17,24-28,31,33-35,46,58H,8-9,11-12,14-16,18-23,29-30H2,1-5H3,(H,60,68,70)/t33-,34-,46?/m0/s1. The number of likely N-dealkylation sites (tertiary alicyclic amines) is 1. The summed E-state index contributed by atoms with van der Waals surface area (Å²) in [5.74, 6) is -1.32. The molecule has 1 spiro atoms. The minimum absolute atomic E-state index is 0.0208. The van der Waals surface area contributed by atoms with Gasteiger partial charge in [0.15, 0.2) is 5.82 Å². The Morgan fingerprint density at radius 1 is 0.931 bits per heavy atom. The third kappa shape index (κ3) is 8.17. The van der Waals surface area contributed by atoms with Gasteiger partial charge in [-0.25, -0.2) is 13.8 Å². The maximum absolute atomic E-state index is 16.2. The molecule has 4 amide bonds. The molecule has 3 saturated heterocycles. The van der Waals surface area contributed by atoms with Crippen LogP contribution in [-0.4, -0.2) is 124 Å². The number of piperazine rings is 1. The lowest BCUT2D eigenvalue weighted by atomic mass is 9.92. The molecule has 1 unspecified atom stereocenters. The van der Waals surface area contributed by atoms with Crippen molar-refractivity contribution >= 4 is 57.3 Å². The molecule has 8 heterocycles. The number of imide groups is 1. The number of nitrogens with one attached hydrogen (secondary N) is 2. The predicted molar refractivity (Wildman–Crippen MR) is 272 cm³/mol. The van der Waals surface area contributed by atoms with Gasteiger partial charge in [-0.1, -0.05) is 6.08 Å². The van der Waals surface area contributed by atoms with Crippen molar-refractivity contribution in [2.45, 2.75) is 89.3 Å². The number of amides is 4. The third-order valence-electron chi connectivity index (χ3n) is 16.7. The zero-order chi connectivity index (χ0) is 50.3. The predicted octanol–water partition coefficient (Wildman–Crippen LogP) is 6.45. The molecule has 2 aromatic carbocycles. The van der Waals surface area contributed by atoms with Crippen LogP contribution in [0.3, 0.4) is 0 Å². The minimum Gasteiger partial charge on any atom is -0.386 e. The first-order valence-electron chi connectivity index (χ1n) is 25.5. The molecule has 6 aliphatic rings. The lowest BCUT2D eigenvalue weighted by Crippen LogP contribution is -2.54. The Kier molecular flexibility index (Phi) is 12.2. The Morgan fingerprint density at radius 2 is 1.72 bits per heavy atom. The Bertz CT molecular complexity index is 3130. The summed E-state index contributed by atoms with van der Waals surface area (Å²) >= 11 is 0. The second-order valence-corrected chi connectivity index (χ2v) is 20.9. The smallest absolute Gasteiger partial charge is 0.257 e. The van der Waals surface area contributed by atoms with E-state index >= 15 is 4.39 Å². The first-order chi connectivity index (χ1) is 34.6. The van der Waals surface area contributed by atoms with E-state index in [9.17, 15) is 28.4 Å². The van der Waals surface area contributed by atoms with Crippen LogP contribution in [0, 0.1) is 24.5 Å². The molecule has 2 N–H and O–H groups in total. The molecule has 3 atom stereocenters. The summed E-state index contributed by atoms with van der Waals surface area (Å²) in [5.41, 5.74) is 6.89. The lowest BCUT2D eigenvalue weighted by molar-refractivity contribution is -0.135. The van der Waals surface area contributed by atoms with E-state index in [1.54, 1.807) is 24.2 Å². The molecular weight excluding hydrogens is 919 g/mol. The fourth-order valence-corrected chi connectivity index (χ4v) is 12.4. The van der Waals surface area contributed by atoms with Crippen molar-refractivity contribution < 1.29 is 28.0 Å². The van der Waals surface area contributed by atoms with E-state index in [1.807, 2.05) is 41.6 Å². The van der Waals surface area contributed by atoms with Crippen LogP contribution in [-0.2, 0) is 26.8 Å². The first kappa shape index (κ1) is 47.6. The summed E-state index contributed by atoms with van der Waals surface area (Å²) in [6, 6.07) is 14.0. The number of fused-ring (bicyclic) bond motifs is 3. The number of pyridine rings is 2. The van der Waals surface area contributed by atoms with Gasteiger partial charge in [0.25, 0.3) is 11.5 Å². The molecule has 72 heavy (non-hydrogen) atoms. The highest BCUT2D eigenvalue weighted by atomic mass is 19.1. The maximum Gasteiger partial charge on any atom is 0.257 e. The number of benzene rings is 2. The lowest BCUT2D eigenvalue weighted by Gasteiger charge is -2.43. The number of anilines is 3. The summed E-state index contributed by atoms with van der Waals surface area (Å²) in [7, 11) is 3.51. The van der Waals surface area contributed by atoms with Gasteiger partial charge in [-0.05, 0) is 124 Å². The van der Waals surface area contributed by atoms with Crippen LogP contribution in [0.1, 0.15) is 97.6 Å². The van der Waals surface area contributed by atoms with E-state index in [0.717, 1.165) is 91.0 Å². The van der Waals surface area contributed by atoms with Crippen LogP contribution in [0.15, 0.2) is 71.8 Å². The highest BCUT2D eigenvalue weighted by Gasteiger charge is 2.61. The van der Waals surface area contributed by atoms with Crippen molar-refractivity contribution in [3.63, 3.8) is 0 Å². The number of carbonyl (C=O) groups is 4. The molecule has 5 aliphatic heterocycles. The second kappa shape index (κ2) is 18.4. The number of aromatic nitrogens is 3. The van der Waals surface area contributed by atoms with Gasteiger partial charge in [-0.2, -0.15) is 0 Å². The Morgan fingerprint density at radius 3 is 2.42 bits per heavy atom. The molecule has 5 aromatic rings. The van der Waals surface area contributed by atoms with Crippen molar-refractivity contribution in [2.75, 3.05) is 74.5 Å². The normalized spacial score (nSPS) is 22.1. The van der Waals surface area contributed by atoms with Gasteiger partial charge in [0.2, 0.25) is 17.7 Å². The largest absolute Gasteiger partial charge is 0.386 e. The average Bonchev–Trinajstić information content (AvgIpc) is 4.07. The van der Waals surface area contributed by atoms with E-state index in [4.69, 9.17) is 0 Å². The molecule has 17 heteroatoms. The van der Waals surface area contributed by atoms with Crippen molar-refractivity contribution in [1.29, 1.82) is 0 Å². The number of nitrogens with zero attached hydrogens (tertiary/aromatic N) is 8. The van der Waals surface area contributed by atoms with Crippen LogP contribution in [0.2, 0.25) is 0 Å². The topological polar surface area (TPSA) is 148 Å². The summed E-state index contributed by atoms with van der Waals surface area (Å²) in [5, 5.41) is 5.87. The number of hydrogen-bond acceptors (Lipinski definition) is 10. The highest BCUT2D eigenvalue weighted by molar-refractivity contribution is 6.15. The van der Waals surface area contributed by atoms with Gasteiger partial charge < -0.3 is 19.7 Å². The summed E-state index contributed by atoms with van der Waals surface area (Å²) in [6.07, 6.45) is 9.39. The van der Waals surface area contributed by atoms with Gasteiger partial charge in [0, 0.05) is 131 Å². The van der Waals surface area contributed by atoms with Crippen LogP contribution in [0.5, 0.6) is 0 Å². The van der Waals surface area contributed by atoms with Crippen LogP contribution in [0.25, 0.3) is 22.3 Å². The molecular formula is C55H62F2N10O5. The van der Waals surface area contributed by atoms with E-state index in [2.05, 4.69) is 62.4 Å². The maximum atomic E-state index is 16.2. The number of piperidine rings is 2. The van der Waals surface area contributed by atoms with E-state index in [1.165, 1.54) is 22.9 Å². The molecule has 0 radical (unpaired) electrons. The molecule has 3 aromatic heterocycles. The quantitative estimate of drug-likeness (QED) is 0.150. The summed E-state index contributed by atoms with van der Waals surface area (Å²) in [4.78, 5) is 80.8. The second-order valence-electron chi connectivity index (χ2n) is 20.9. The van der Waals surface area contributed by atoms with E-state index in [-0.39, 0.29) is 47.2 Å². The molecule has 0 bridgehead atoms. The van der Waals surface area contributed by atoms with Gasteiger partial charge >= 0.3 is 0 Å². The van der Waals surface area contributed by atoms with Gasteiger partial charge in [-0.15, -0.1) is 0 Å². The molecule has 376 valence electrons. The number of carbonyl (C=O) groups excluding carboxylic acids is 4. The van der Waals surface area contributed by atoms with Crippen molar-refractivity contribution in [3.05, 3.63) is 117 Å². The van der Waals surface area contributed by atoms with Gasteiger partial charge in [0.05, 0.1) is 23.0 Å². The fourth-order valence-electron chi connectivity index (χ4n) is 12.4. The monoisotopic (exact) mass is 980 g/mol. The Balaban J connectivity index is 0.688. The van der Waals surface area contributed by atoms with Gasteiger partial charge in [-0.3, -0.25) is 48.6 Å². The number of rotatable bonds is 10. The zero-order valence-electron chi connectivity index (χ0n) is 41.6. The van der Waals surface area contributed by atoms with E-state index in [0.29, 0.717) is 73.4 Å². The molecule has 11 rings (SSSR count). The number of aryl methyl sites for hydroxylation is 2. The van der Waals surface area contributed by atoms with E-state index < -0.39 is 23.2 Å². The minimum atomic E-state index is -0.664. The zero-order valence-corrected chi connectivity index (χ0v) is 41.6. The molecule has 15 nitrogen and oxygen atoms in total. The summed E-state index contributed by atoms with van der Waals surface area (Å²) in [6.45, 7) is 12.3. The number of halogens is 2. The van der Waals surface area contributed by atoms with Crippen LogP contribution < -0.4 is 26.0 Å². The Hall–Kier alpha value is -6.72. The summed E-state index contributed by atoms with van der Waals surface area (Å²) < 4.78 is 34.3. The fraction of sp³-hybridized carbons (Fsp3) is 0.455. The molecule has 1 aliphatic carbocycles. The first-order valence-corrected chi connectivity index (χ1v) is 25.5. The highest BCUT2D eigenvalue weighted by Crippen LogP contribution is 2.59. The number of hydrogen-bond donors (Lipinski definition) is 2. The molecule has 4 fully saturated rings. The Labute approximate surface area is 417 Å². The van der Waals surface area contributed by atoms with Crippen LogP contribution >= 0.6 is 0 Å². The average molecular weight is 981 g/mol.